The quantitative estimate of drug-likeness (QED) is 0.0397. The minimum Gasteiger partial charge on any atom is -0.359 e. The lowest BCUT2D eigenvalue weighted by Crippen LogP contribution is -2.37. The van der Waals surface area contributed by atoms with Crippen LogP contribution in [0.15, 0.2) is 176 Å². The van der Waals surface area contributed by atoms with Gasteiger partial charge in [0.15, 0.2) is 0 Å². The van der Waals surface area contributed by atoms with Crippen LogP contribution in [0.4, 0.5) is 11.4 Å². The van der Waals surface area contributed by atoms with E-state index in [-0.39, 0.29) is 27.5 Å². The van der Waals surface area contributed by atoms with Crippen LogP contribution in [0, 0.1) is 5.41 Å². The lowest BCUT2D eigenvalue weighted by Gasteiger charge is -2.25. The van der Waals surface area contributed by atoms with Gasteiger partial charge in [0.25, 0.3) is 36.3 Å². The maximum Gasteiger partial charge on any atom is 0.295 e. The minimum absolute atomic E-state index is 0.0316. The van der Waals surface area contributed by atoms with Crippen LogP contribution < -0.4 is 21.3 Å². The van der Waals surface area contributed by atoms with Gasteiger partial charge >= 0.3 is 0 Å². The molecule has 6 aromatic rings. The summed E-state index contributed by atoms with van der Waals surface area (Å²) in [5.74, 6) is -0.605. The Morgan fingerprint density at radius 2 is 1.38 bits per heavy atom. The molecule has 2 aliphatic heterocycles. The number of carbonyl (C=O) groups excluding carboxylic acids is 2. The predicted octanol–water partition coefficient (Wildman–Crippen LogP) is 10.4. The second-order valence-corrected chi connectivity index (χ2v) is 23.1. The van der Waals surface area contributed by atoms with Crippen LogP contribution in [0.3, 0.4) is 0 Å². The fourth-order valence-electron chi connectivity index (χ4n) is 10.4. The van der Waals surface area contributed by atoms with Crippen LogP contribution in [0.25, 0.3) is 27.2 Å². The average Bonchev–Trinajstić information content (AvgIpc) is 3.78. The molecule has 0 aromatic heterocycles. The first-order valence-electron chi connectivity index (χ1n) is 23.8. The van der Waals surface area contributed by atoms with Crippen LogP contribution in [0.2, 0.25) is 0 Å². The molecule has 7 N–H and O–H groups in total. The summed E-state index contributed by atoms with van der Waals surface area (Å²) in [5.41, 5.74) is 8.43. The van der Waals surface area contributed by atoms with Crippen molar-refractivity contribution in [2.24, 2.45) is 5.41 Å². The predicted molar refractivity (Wildman–Crippen MR) is 281 cm³/mol. The second-order valence-electron chi connectivity index (χ2n) is 18.9. The zero-order valence-electron chi connectivity index (χ0n) is 40.2. The molecule has 0 saturated carbocycles. The topological polar surface area (TPSA) is 245 Å². The molecule has 2 amide bonds. The Balaban J connectivity index is 1.05. The molecule has 18 heteroatoms. The largest absolute Gasteiger partial charge is 0.359 e. The summed E-state index contributed by atoms with van der Waals surface area (Å²) >= 11 is 0. The van der Waals surface area contributed by atoms with Crippen molar-refractivity contribution < 1.29 is 48.5 Å². The van der Waals surface area contributed by atoms with E-state index < -0.39 is 51.6 Å². The summed E-state index contributed by atoms with van der Waals surface area (Å²) in [4.78, 5) is 26.1. The van der Waals surface area contributed by atoms with Crippen LogP contribution in [0.1, 0.15) is 88.4 Å². The summed E-state index contributed by atoms with van der Waals surface area (Å²) < 4.78 is 102. The van der Waals surface area contributed by atoms with E-state index in [4.69, 9.17) is 0 Å². The van der Waals surface area contributed by atoms with Crippen LogP contribution in [0.5, 0.6) is 0 Å². The lowest BCUT2D eigenvalue weighted by atomic mass is 9.76. The Labute approximate surface area is 424 Å². The number of aryl methyl sites for hydroxylation is 1. The van der Waals surface area contributed by atoms with Crippen molar-refractivity contribution in [1.29, 1.82) is 0 Å². The van der Waals surface area contributed by atoms with Gasteiger partial charge in [-0.1, -0.05) is 96.9 Å². The number of hydrogen-bond acceptors (Lipinski definition) is 10. The number of nitrogens with one attached hydrogen (secondary N) is 4. The van der Waals surface area contributed by atoms with E-state index >= 15 is 0 Å². The minimum atomic E-state index is -4.95. The average molecular weight is 1040 g/mol. The summed E-state index contributed by atoms with van der Waals surface area (Å²) in [7, 11) is -14.1. The summed E-state index contributed by atoms with van der Waals surface area (Å²) in [6.07, 6.45) is 7.71. The van der Waals surface area contributed by atoms with E-state index in [0.29, 0.717) is 59.3 Å². The molecule has 378 valence electrons. The number of allylic oxidation sites excluding steroid dienone is 5. The molecule has 1 fully saturated rings. The molecule has 9 rings (SSSR count). The number of fused-ring (bicyclic) bond motifs is 3. The van der Waals surface area contributed by atoms with Gasteiger partial charge in [0.2, 0.25) is 5.91 Å². The molecule has 2 unspecified atom stereocenters. The number of hydrogen-bond donors (Lipinski definition) is 7. The Bertz CT molecular complexity index is 3750. The summed E-state index contributed by atoms with van der Waals surface area (Å²) in [5, 5.41) is 15.1. The van der Waals surface area contributed by atoms with Gasteiger partial charge in [0.05, 0.1) is 27.1 Å². The molecule has 2 atom stereocenters. The Morgan fingerprint density at radius 1 is 0.685 bits per heavy atom. The van der Waals surface area contributed by atoms with Crippen molar-refractivity contribution >= 4 is 80.8 Å². The van der Waals surface area contributed by atoms with Crippen molar-refractivity contribution in [2.75, 3.05) is 10.6 Å². The Kier molecular flexibility index (Phi) is 13.8. The Morgan fingerprint density at radius 3 is 2.11 bits per heavy atom. The number of amides is 2. The molecule has 15 nitrogen and oxygen atoms in total. The molecule has 2 heterocycles. The van der Waals surface area contributed by atoms with Crippen molar-refractivity contribution in [3.05, 3.63) is 178 Å². The van der Waals surface area contributed by atoms with Crippen LogP contribution >= 0.6 is 0 Å². The van der Waals surface area contributed by atoms with Gasteiger partial charge in [0.1, 0.15) is 10.3 Å². The zero-order valence-corrected chi connectivity index (χ0v) is 42.6. The van der Waals surface area contributed by atoms with Gasteiger partial charge in [-0.25, -0.2) is 0 Å². The van der Waals surface area contributed by atoms with E-state index in [0.717, 1.165) is 71.3 Å². The van der Waals surface area contributed by atoms with E-state index in [1.165, 1.54) is 35.4 Å². The highest BCUT2D eigenvalue weighted by Crippen LogP contribution is 2.51. The standard InChI is InChI=1S/C55H54N4O11S3/c1-4-45-47(57-42-24-22-39-30-44(72(65,66)67)32-49(46(39)31-42)73(68,69)70)18-10-15-35(14-8-11-34-20-21-38-29-43(71(62,63)64)25-23-37(38)27-34)33(2)19-26-48(45)56-41-17-9-16-40(28-41)51-50-53(60)59-52(36-12-6-5-7-13-36)55(50,3)54(61)58-51/h5-7,9,12-13,16-18,20-25,27-32,52,56-57H,4,8,10-11,14-15,19,26H2,1-3H3,(H,58,61)(H,59,60)(H,62,63,64)(H,65,66,67)(H,68,69,70)/b35-33-,47-18+,48-45+. The van der Waals surface area contributed by atoms with Crippen LogP contribution in [-0.4, -0.2) is 50.7 Å². The first kappa shape index (κ1) is 51.0. The van der Waals surface area contributed by atoms with Crippen molar-refractivity contribution in [1.82, 2.24) is 10.6 Å². The van der Waals surface area contributed by atoms with Gasteiger partial charge in [0, 0.05) is 33.7 Å². The van der Waals surface area contributed by atoms with E-state index in [2.05, 4.69) is 34.3 Å². The molecule has 1 saturated heterocycles. The number of anilines is 2. The number of rotatable bonds is 14. The smallest absolute Gasteiger partial charge is 0.295 e. The fourth-order valence-corrected chi connectivity index (χ4v) is 12.2. The highest BCUT2D eigenvalue weighted by atomic mass is 32.2. The van der Waals surface area contributed by atoms with Gasteiger partial charge in [-0.3, -0.25) is 23.2 Å². The zero-order chi connectivity index (χ0) is 52.0. The van der Waals surface area contributed by atoms with Gasteiger partial charge < -0.3 is 21.3 Å². The molecule has 0 bridgehead atoms. The van der Waals surface area contributed by atoms with Crippen molar-refractivity contribution in [3.63, 3.8) is 0 Å². The van der Waals surface area contributed by atoms with Crippen LogP contribution in [-0.2, 0) is 46.4 Å². The van der Waals surface area contributed by atoms with Crippen molar-refractivity contribution in [3.8, 4) is 0 Å². The SMILES string of the molecule is CCC1=C(\Nc2cccc(C3=C4C(=O)NC(c5ccccc5)C4(C)C(=O)N3)c2)CC/C(C)=C(/CCCc2ccc3cc(S(=O)(=O)O)ccc3c2)CC/C=C\1Nc1ccc2cc(S(=O)(=O)O)cc(S(=O)(=O)O)c2c1. The molecule has 1 aliphatic carbocycles. The highest BCUT2D eigenvalue weighted by Gasteiger charge is 2.58. The third-order valence-electron chi connectivity index (χ3n) is 14.2. The number of carbonyl (C=O) groups is 2. The molecule has 0 spiro atoms. The second kappa shape index (κ2) is 19.8. The highest BCUT2D eigenvalue weighted by molar-refractivity contribution is 7.87. The normalized spacial score (nSPS) is 21.7. The third-order valence-corrected chi connectivity index (χ3v) is 16.8. The van der Waals surface area contributed by atoms with E-state index in [9.17, 15) is 48.5 Å². The van der Waals surface area contributed by atoms with Gasteiger partial charge in [-0.05, 0) is 147 Å². The molecular weight excluding hydrogens is 989 g/mol. The first-order chi connectivity index (χ1) is 34.6. The van der Waals surface area contributed by atoms with Crippen molar-refractivity contribution in [2.45, 2.75) is 92.9 Å². The van der Waals surface area contributed by atoms with Gasteiger partial charge in [-0.2, -0.15) is 25.3 Å². The molecule has 0 radical (unpaired) electrons. The summed E-state index contributed by atoms with van der Waals surface area (Å²) in [6, 6.07) is 33.3. The molecule has 3 aliphatic rings. The van der Waals surface area contributed by atoms with E-state index in [1.54, 1.807) is 19.1 Å². The fraction of sp³-hybridized carbons (Fsp3) is 0.236. The van der Waals surface area contributed by atoms with Gasteiger partial charge in [-0.15, -0.1) is 0 Å². The van der Waals surface area contributed by atoms with E-state index in [1.807, 2.05) is 79.7 Å². The lowest BCUT2D eigenvalue weighted by molar-refractivity contribution is -0.126. The molecule has 73 heavy (non-hydrogen) atoms. The first-order valence-corrected chi connectivity index (χ1v) is 28.1. The maximum atomic E-state index is 13.9. The number of benzene rings is 6. The summed E-state index contributed by atoms with van der Waals surface area (Å²) in [6.45, 7) is 5.97. The third kappa shape index (κ3) is 10.5. The Hall–Kier alpha value is -6.93. The monoisotopic (exact) mass is 1040 g/mol. The molecule has 6 aromatic carbocycles. The maximum absolute atomic E-state index is 13.9. The molecular formula is C55H54N4O11S3.